The lowest BCUT2D eigenvalue weighted by molar-refractivity contribution is -0.145. The van der Waals surface area contributed by atoms with Crippen LogP contribution in [0.1, 0.15) is 12.5 Å². The molecule has 0 amide bonds. The van der Waals surface area contributed by atoms with E-state index in [1.54, 1.807) is 25.1 Å². The number of nitrogens with zero attached hydrogens (tertiary/aromatic N) is 1. The SMILES string of the molecule is COC(=O)C1CN(S(=O)(=O)c2cc(Br)ccc2C)CC1C. The van der Waals surface area contributed by atoms with Crippen LogP contribution < -0.4 is 0 Å². The second-order valence-corrected chi connectivity index (χ2v) is 8.16. The summed E-state index contributed by atoms with van der Waals surface area (Å²) in [6.07, 6.45) is 0. The van der Waals surface area contributed by atoms with Gasteiger partial charge in [0.05, 0.1) is 17.9 Å². The third-order valence-electron chi connectivity index (χ3n) is 3.85. The fourth-order valence-corrected chi connectivity index (χ4v) is 4.90. The van der Waals surface area contributed by atoms with Gasteiger partial charge >= 0.3 is 5.97 Å². The Morgan fingerprint density at radius 2 is 2.05 bits per heavy atom. The fourth-order valence-electron chi connectivity index (χ4n) is 2.57. The van der Waals surface area contributed by atoms with Crippen molar-refractivity contribution in [1.29, 1.82) is 0 Å². The summed E-state index contributed by atoms with van der Waals surface area (Å²) in [5, 5.41) is 0. The molecule has 0 saturated carbocycles. The van der Waals surface area contributed by atoms with E-state index in [0.717, 1.165) is 0 Å². The van der Waals surface area contributed by atoms with Gasteiger partial charge in [-0.1, -0.05) is 28.9 Å². The van der Waals surface area contributed by atoms with Crippen molar-refractivity contribution in [3.8, 4) is 0 Å². The van der Waals surface area contributed by atoms with Crippen LogP contribution in [0.2, 0.25) is 0 Å². The zero-order chi connectivity index (χ0) is 15.8. The van der Waals surface area contributed by atoms with E-state index in [1.807, 2.05) is 6.92 Å². The molecule has 0 aliphatic carbocycles. The molecule has 1 aliphatic heterocycles. The number of esters is 1. The van der Waals surface area contributed by atoms with E-state index < -0.39 is 15.9 Å². The van der Waals surface area contributed by atoms with Crippen LogP contribution in [0.5, 0.6) is 0 Å². The van der Waals surface area contributed by atoms with Crippen LogP contribution in [0.4, 0.5) is 0 Å². The van der Waals surface area contributed by atoms with Crippen molar-refractivity contribution < 1.29 is 17.9 Å². The van der Waals surface area contributed by atoms with Gasteiger partial charge in [-0.15, -0.1) is 0 Å². The summed E-state index contributed by atoms with van der Waals surface area (Å²) in [6.45, 7) is 4.12. The maximum Gasteiger partial charge on any atom is 0.310 e. The highest BCUT2D eigenvalue weighted by molar-refractivity contribution is 9.10. The van der Waals surface area contributed by atoms with Gasteiger partial charge in [0.15, 0.2) is 0 Å². The highest BCUT2D eigenvalue weighted by Gasteiger charge is 2.41. The van der Waals surface area contributed by atoms with E-state index in [1.165, 1.54) is 11.4 Å². The summed E-state index contributed by atoms with van der Waals surface area (Å²) in [5.41, 5.74) is 0.687. The van der Waals surface area contributed by atoms with Gasteiger partial charge in [0, 0.05) is 17.6 Å². The van der Waals surface area contributed by atoms with Gasteiger partial charge < -0.3 is 4.74 Å². The molecule has 1 fully saturated rings. The number of hydrogen-bond donors (Lipinski definition) is 0. The van der Waals surface area contributed by atoms with Crippen molar-refractivity contribution >= 4 is 31.9 Å². The topological polar surface area (TPSA) is 63.7 Å². The molecule has 0 radical (unpaired) electrons. The molecule has 1 aliphatic rings. The van der Waals surface area contributed by atoms with Crippen LogP contribution in [-0.2, 0) is 19.6 Å². The minimum Gasteiger partial charge on any atom is -0.469 e. The van der Waals surface area contributed by atoms with Crippen molar-refractivity contribution in [3.63, 3.8) is 0 Å². The lowest BCUT2D eigenvalue weighted by Crippen LogP contribution is -2.30. The number of hydrogen-bond acceptors (Lipinski definition) is 4. The Kier molecular flexibility index (Phi) is 4.75. The smallest absolute Gasteiger partial charge is 0.310 e. The molecular formula is C14H18BrNO4S. The summed E-state index contributed by atoms with van der Waals surface area (Å²) >= 11 is 3.30. The summed E-state index contributed by atoms with van der Waals surface area (Å²) in [5.74, 6) is -0.817. The van der Waals surface area contributed by atoms with Crippen molar-refractivity contribution in [2.45, 2.75) is 18.7 Å². The largest absolute Gasteiger partial charge is 0.469 e. The predicted octanol–water partition coefficient (Wildman–Crippen LogP) is 2.19. The molecular weight excluding hydrogens is 358 g/mol. The molecule has 0 spiro atoms. The van der Waals surface area contributed by atoms with Gasteiger partial charge in [-0.25, -0.2) is 8.42 Å². The van der Waals surface area contributed by atoms with Crippen LogP contribution in [0.15, 0.2) is 27.6 Å². The maximum absolute atomic E-state index is 12.8. The molecule has 1 aromatic carbocycles. The predicted molar refractivity (Wildman–Crippen MR) is 82.3 cm³/mol. The van der Waals surface area contributed by atoms with Gasteiger partial charge in [0.1, 0.15) is 0 Å². The zero-order valence-electron chi connectivity index (χ0n) is 12.2. The number of benzene rings is 1. The van der Waals surface area contributed by atoms with Gasteiger partial charge in [-0.05, 0) is 30.5 Å². The molecule has 1 heterocycles. The maximum atomic E-state index is 12.8. The molecule has 2 unspecified atom stereocenters. The average molecular weight is 376 g/mol. The van der Waals surface area contributed by atoms with Crippen LogP contribution in [0.25, 0.3) is 0 Å². The normalized spacial score (nSPS) is 23.2. The quantitative estimate of drug-likeness (QED) is 0.759. The molecule has 5 nitrogen and oxygen atoms in total. The Hall–Kier alpha value is -0.920. The third kappa shape index (κ3) is 3.14. The van der Waals surface area contributed by atoms with Gasteiger partial charge in [0.2, 0.25) is 10.0 Å². The van der Waals surface area contributed by atoms with E-state index >= 15 is 0 Å². The number of carbonyl (C=O) groups excluding carboxylic acids is 1. The number of ether oxygens (including phenoxy) is 1. The molecule has 1 saturated heterocycles. The second-order valence-electron chi connectivity index (χ2n) is 5.34. The number of rotatable bonds is 3. The zero-order valence-corrected chi connectivity index (χ0v) is 14.6. The fraction of sp³-hybridized carbons (Fsp3) is 0.500. The first-order valence-corrected chi connectivity index (χ1v) is 8.84. The molecule has 2 atom stereocenters. The average Bonchev–Trinajstić information content (AvgIpc) is 2.83. The van der Waals surface area contributed by atoms with E-state index in [2.05, 4.69) is 15.9 Å². The molecule has 21 heavy (non-hydrogen) atoms. The number of sulfonamides is 1. The second kappa shape index (κ2) is 6.06. The first kappa shape index (κ1) is 16.5. The molecule has 116 valence electrons. The molecule has 2 rings (SSSR count). The summed E-state index contributed by atoms with van der Waals surface area (Å²) < 4.78 is 32.4. The first-order chi connectivity index (χ1) is 9.77. The number of aryl methyl sites for hydroxylation is 1. The summed E-state index contributed by atoms with van der Waals surface area (Å²) in [7, 11) is -2.28. The van der Waals surface area contributed by atoms with Crippen LogP contribution in [0, 0.1) is 18.8 Å². The van der Waals surface area contributed by atoms with E-state index in [4.69, 9.17) is 4.74 Å². The molecule has 1 aromatic rings. The first-order valence-electron chi connectivity index (χ1n) is 6.61. The summed E-state index contributed by atoms with van der Waals surface area (Å²) in [4.78, 5) is 12.0. The number of halogens is 1. The van der Waals surface area contributed by atoms with Crippen molar-refractivity contribution in [2.24, 2.45) is 11.8 Å². The Bertz CT molecular complexity index is 659. The third-order valence-corrected chi connectivity index (χ3v) is 6.32. The minimum absolute atomic E-state index is 0.0558. The van der Waals surface area contributed by atoms with Crippen LogP contribution >= 0.6 is 15.9 Å². The standard InChI is InChI=1S/C14H18BrNO4S/c1-9-4-5-11(15)6-13(9)21(18,19)16-7-10(2)12(8-16)14(17)20-3/h4-6,10,12H,7-8H2,1-3H3. The number of methoxy groups -OCH3 is 1. The lowest BCUT2D eigenvalue weighted by atomic mass is 9.99. The van der Waals surface area contributed by atoms with E-state index in [0.29, 0.717) is 16.6 Å². The highest BCUT2D eigenvalue weighted by Crippen LogP contribution is 2.31. The van der Waals surface area contributed by atoms with Gasteiger partial charge in [0.25, 0.3) is 0 Å². The van der Waals surface area contributed by atoms with E-state index in [-0.39, 0.29) is 23.3 Å². The number of carbonyl (C=O) groups is 1. The van der Waals surface area contributed by atoms with Crippen LogP contribution in [0.3, 0.4) is 0 Å². The monoisotopic (exact) mass is 375 g/mol. The Balaban J connectivity index is 2.33. The van der Waals surface area contributed by atoms with Crippen molar-refractivity contribution in [2.75, 3.05) is 20.2 Å². The lowest BCUT2D eigenvalue weighted by Gasteiger charge is -2.18. The highest BCUT2D eigenvalue weighted by atomic mass is 79.9. The van der Waals surface area contributed by atoms with Crippen molar-refractivity contribution in [3.05, 3.63) is 28.2 Å². The van der Waals surface area contributed by atoms with Gasteiger partial charge in [-0.3, -0.25) is 4.79 Å². The minimum atomic E-state index is -3.60. The van der Waals surface area contributed by atoms with Crippen molar-refractivity contribution in [1.82, 2.24) is 4.31 Å². The Morgan fingerprint density at radius 3 is 2.67 bits per heavy atom. The molecule has 0 aromatic heterocycles. The Morgan fingerprint density at radius 1 is 1.38 bits per heavy atom. The van der Waals surface area contributed by atoms with Crippen LogP contribution in [-0.4, -0.2) is 38.9 Å². The molecule has 0 N–H and O–H groups in total. The Labute approximate surface area is 133 Å². The molecule has 7 heteroatoms. The molecule has 0 bridgehead atoms. The van der Waals surface area contributed by atoms with Gasteiger partial charge in [-0.2, -0.15) is 4.31 Å². The summed E-state index contributed by atoms with van der Waals surface area (Å²) in [6, 6.07) is 5.16. The van der Waals surface area contributed by atoms with E-state index in [9.17, 15) is 13.2 Å².